The standard InChI is InChI=1S/C2H6.2Na.O5P2/c1-2;;;1-6(2)5-7(3)4/h1-2H3;;;/p+2. The maximum absolute atomic E-state index is 9.39. The largest absolute Gasteiger partial charge is 0.745 e. The molecule has 0 heterocycles. The van der Waals surface area contributed by atoms with Crippen LogP contribution in [0.25, 0.3) is 0 Å². The maximum Gasteiger partial charge on any atom is 0.745 e. The molecule has 0 rings (SSSR count). The van der Waals surface area contributed by atoms with Crippen molar-refractivity contribution >= 4 is 75.6 Å². The van der Waals surface area contributed by atoms with E-state index in [-0.39, 0.29) is 59.1 Å². The maximum atomic E-state index is 9.39. The molecule has 0 aliphatic heterocycles. The molecule has 2 atom stereocenters. The number of rotatable bonds is 2. The normalized spacial score (nSPS) is 9.09. The van der Waals surface area contributed by atoms with E-state index < -0.39 is 16.5 Å². The summed E-state index contributed by atoms with van der Waals surface area (Å²) in [6.45, 7) is 4.00. The topological polar surface area (TPSA) is 83.8 Å². The van der Waals surface area contributed by atoms with Gasteiger partial charge in [-0.15, -0.1) is 9.79 Å². The van der Waals surface area contributed by atoms with Crippen LogP contribution in [0, 0.1) is 0 Å². The zero-order valence-electron chi connectivity index (χ0n) is 7.01. The van der Waals surface area contributed by atoms with Gasteiger partial charge in [-0.1, -0.05) is 13.8 Å². The fourth-order valence-corrected chi connectivity index (χ4v) is 0.538. The number of hydrogen-bond acceptors (Lipinski definition) is 3. The van der Waals surface area contributed by atoms with Gasteiger partial charge in [0.1, 0.15) is 0 Å². The van der Waals surface area contributed by atoms with Gasteiger partial charge in [0.05, 0.1) is 0 Å². The molecule has 11 heavy (non-hydrogen) atoms. The molecule has 0 saturated carbocycles. The van der Waals surface area contributed by atoms with E-state index in [1.165, 1.54) is 0 Å². The Labute approximate surface area is 111 Å². The Morgan fingerprint density at radius 3 is 1.18 bits per heavy atom. The fraction of sp³-hybridized carbons (Fsp3) is 1.00. The molecule has 0 saturated heterocycles. The zero-order chi connectivity index (χ0) is 7.86. The van der Waals surface area contributed by atoms with E-state index in [0.29, 0.717) is 0 Å². The van der Waals surface area contributed by atoms with E-state index >= 15 is 0 Å². The third kappa shape index (κ3) is 33.2. The van der Waals surface area contributed by atoms with Gasteiger partial charge in [0.25, 0.3) is 0 Å². The summed E-state index contributed by atoms with van der Waals surface area (Å²) < 4.78 is 22.2. The Morgan fingerprint density at radius 2 is 1.18 bits per heavy atom. The Kier molecular flexibility index (Phi) is 37.9. The van der Waals surface area contributed by atoms with Gasteiger partial charge in [0.15, 0.2) is 4.31 Å². The van der Waals surface area contributed by atoms with Crippen molar-refractivity contribution in [3.05, 3.63) is 0 Å². The summed E-state index contributed by atoms with van der Waals surface area (Å²) in [4.78, 5) is 15.3. The first-order valence-corrected chi connectivity index (χ1v) is 4.39. The van der Waals surface area contributed by atoms with Crippen molar-refractivity contribution in [2.75, 3.05) is 0 Å². The monoisotopic (exact) mass is 220 g/mol. The van der Waals surface area contributed by atoms with E-state index in [2.05, 4.69) is 4.31 Å². The quantitative estimate of drug-likeness (QED) is 0.524. The minimum atomic E-state index is -2.92. The van der Waals surface area contributed by atoms with E-state index in [0.717, 1.165) is 0 Å². The molecule has 0 aliphatic carbocycles. The van der Waals surface area contributed by atoms with Crippen LogP contribution in [0.15, 0.2) is 0 Å². The number of hydrogen-bond donors (Lipinski definition) is 2. The van der Waals surface area contributed by atoms with Crippen LogP contribution in [0.2, 0.25) is 0 Å². The van der Waals surface area contributed by atoms with Gasteiger partial charge < -0.3 is 0 Å². The van der Waals surface area contributed by atoms with Crippen LogP contribution in [0.1, 0.15) is 13.8 Å². The first kappa shape index (κ1) is 23.2. The predicted molar refractivity (Wildman–Crippen MR) is 43.6 cm³/mol. The molecule has 0 bridgehead atoms. The minimum Gasteiger partial charge on any atom is -0.131 e. The second-order valence-electron chi connectivity index (χ2n) is 0.557. The molecule has 5 nitrogen and oxygen atoms in total. The molecule has 9 heteroatoms. The third-order valence-electron chi connectivity index (χ3n) is 0.140. The average molecular weight is 220 g/mol. The predicted octanol–water partition coefficient (Wildman–Crippen LogP) is 0.567. The fourth-order valence-electron chi connectivity index (χ4n) is 0.0598. The van der Waals surface area contributed by atoms with E-state index in [9.17, 15) is 9.13 Å². The van der Waals surface area contributed by atoms with Gasteiger partial charge in [-0.25, -0.2) is 0 Å². The second kappa shape index (κ2) is 18.0. The van der Waals surface area contributed by atoms with Crippen molar-refractivity contribution in [1.29, 1.82) is 0 Å². The molecule has 2 N–H and O–H groups in total. The summed E-state index contributed by atoms with van der Waals surface area (Å²) in [5.41, 5.74) is 0. The Morgan fingerprint density at radius 1 is 1.00 bits per heavy atom. The molecule has 56 valence electrons. The molecule has 0 aromatic heterocycles. The molecular formula is C2H8Na2O5P2+2. The van der Waals surface area contributed by atoms with Gasteiger partial charge in [-0.05, 0) is 0 Å². The zero-order valence-corrected chi connectivity index (χ0v) is 12.8. The first-order valence-electron chi connectivity index (χ1n) is 2.13. The van der Waals surface area contributed by atoms with Crippen LogP contribution >= 0.6 is 16.5 Å². The van der Waals surface area contributed by atoms with Crippen molar-refractivity contribution in [2.45, 2.75) is 13.8 Å². The molecular weight excluding hydrogens is 212 g/mol. The van der Waals surface area contributed by atoms with Crippen molar-refractivity contribution < 1.29 is 23.2 Å². The summed E-state index contributed by atoms with van der Waals surface area (Å²) in [6, 6.07) is 0. The summed E-state index contributed by atoms with van der Waals surface area (Å²) >= 11 is 0. The van der Waals surface area contributed by atoms with Gasteiger partial charge >= 0.3 is 16.5 Å². The van der Waals surface area contributed by atoms with Crippen molar-refractivity contribution in [3.8, 4) is 0 Å². The van der Waals surface area contributed by atoms with Gasteiger partial charge in [-0.3, -0.25) is 0 Å². The molecule has 0 aromatic carbocycles. The summed E-state index contributed by atoms with van der Waals surface area (Å²) in [7, 11) is -5.85. The van der Waals surface area contributed by atoms with Crippen LogP contribution < -0.4 is 0 Å². The smallest absolute Gasteiger partial charge is 0.131 e. The van der Waals surface area contributed by atoms with E-state index in [1.807, 2.05) is 13.8 Å². The van der Waals surface area contributed by atoms with Crippen LogP contribution in [-0.2, 0) is 13.4 Å². The SMILES string of the molecule is CC.O=[P+](O)O[P+](=O)O.[Na].[Na]. The van der Waals surface area contributed by atoms with Gasteiger partial charge in [-0.2, -0.15) is 0 Å². The summed E-state index contributed by atoms with van der Waals surface area (Å²) in [5, 5.41) is 0. The molecule has 2 radical (unpaired) electrons. The first-order chi connectivity index (χ1) is 4.13. The van der Waals surface area contributed by atoms with Crippen molar-refractivity contribution in [2.24, 2.45) is 0 Å². The Bertz CT molecular complexity index is 96.7. The molecule has 0 aromatic rings. The van der Waals surface area contributed by atoms with Gasteiger partial charge in [0.2, 0.25) is 0 Å². The summed E-state index contributed by atoms with van der Waals surface area (Å²) in [6.07, 6.45) is 0. The van der Waals surface area contributed by atoms with E-state index in [4.69, 9.17) is 9.79 Å². The van der Waals surface area contributed by atoms with Gasteiger partial charge in [0, 0.05) is 68.2 Å². The van der Waals surface area contributed by atoms with Crippen LogP contribution in [0.4, 0.5) is 0 Å². The second-order valence-corrected chi connectivity index (χ2v) is 2.16. The Hall–Kier alpha value is 2.08. The third-order valence-corrected chi connectivity index (χ3v) is 1.26. The molecule has 0 amide bonds. The van der Waals surface area contributed by atoms with Crippen molar-refractivity contribution in [1.82, 2.24) is 0 Å². The molecule has 0 spiro atoms. The molecule has 0 aliphatic rings. The van der Waals surface area contributed by atoms with Crippen LogP contribution in [-0.4, -0.2) is 68.9 Å². The molecule has 0 fully saturated rings. The summed E-state index contributed by atoms with van der Waals surface area (Å²) in [5.74, 6) is 0. The average Bonchev–Trinajstić information content (AvgIpc) is 1.68. The van der Waals surface area contributed by atoms with Crippen molar-refractivity contribution in [3.63, 3.8) is 0 Å². The minimum absolute atomic E-state index is 0. The Balaban J connectivity index is -0.0000000564. The van der Waals surface area contributed by atoms with E-state index in [1.54, 1.807) is 0 Å². The van der Waals surface area contributed by atoms with Crippen LogP contribution in [0.5, 0.6) is 0 Å². The molecule has 2 unspecified atom stereocenters. The van der Waals surface area contributed by atoms with Crippen LogP contribution in [0.3, 0.4) is 0 Å².